The van der Waals surface area contributed by atoms with Crippen LogP contribution in [0, 0.1) is 0 Å². The molecule has 0 aliphatic heterocycles. The van der Waals surface area contributed by atoms with Gasteiger partial charge in [0.05, 0.1) is 12.1 Å². The van der Waals surface area contributed by atoms with Crippen LogP contribution in [0.2, 0.25) is 0 Å². The van der Waals surface area contributed by atoms with E-state index in [0.717, 1.165) is 17.4 Å². The van der Waals surface area contributed by atoms with Crippen molar-refractivity contribution in [1.82, 2.24) is 15.5 Å². The SMILES string of the molecule is CC(C)NCc1nnc(Oc2ccccc2C(F)(F)F)s1. The zero-order valence-electron chi connectivity index (χ0n) is 11.4. The van der Waals surface area contributed by atoms with Gasteiger partial charge in [-0.05, 0) is 12.1 Å². The third kappa shape index (κ3) is 4.40. The van der Waals surface area contributed by atoms with Crippen molar-refractivity contribution in [1.29, 1.82) is 0 Å². The van der Waals surface area contributed by atoms with Gasteiger partial charge < -0.3 is 10.1 Å². The number of nitrogens with zero attached hydrogens (tertiary/aromatic N) is 2. The molecule has 1 heterocycles. The van der Waals surface area contributed by atoms with E-state index in [2.05, 4.69) is 15.5 Å². The molecule has 1 aromatic heterocycles. The summed E-state index contributed by atoms with van der Waals surface area (Å²) in [5.41, 5.74) is -0.831. The molecule has 1 N–H and O–H groups in total. The summed E-state index contributed by atoms with van der Waals surface area (Å²) >= 11 is 1.11. The fourth-order valence-corrected chi connectivity index (χ4v) is 2.18. The van der Waals surface area contributed by atoms with Crippen LogP contribution in [0.5, 0.6) is 10.9 Å². The highest BCUT2D eigenvalue weighted by atomic mass is 32.1. The smallest absolute Gasteiger partial charge is 0.419 e. The molecule has 0 radical (unpaired) electrons. The fourth-order valence-electron chi connectivity index (χ4n) is 1.53. The van der Waals surface area contributed by atoms with Gasteiger partial charge >= 0.3 is 6.18 Å². The van der Waals surface area contributed by atoms with Gasteiger partial charge in [-0.1, -0.05) is 42.4 Å². The zero-order valence-corrected chi connectivity index (χ0v) is 12.3. The number of halogens is 3. The number of para-hydroxylation sites is 1. The molecule has 0 fully saturated rings. The number of hydrogen-bond donors (Lipinski definition) is 1. The third-order valence-corrected chi connectivity index (χ3v) is 3.30. The predicted molar refractivity (Wildman–Crippen MR) is 73.4 cm³/mol. The van der Waals surface area contributed by atoms with E-state index < -0.39 is 11.7 Å². The van der Waals surface area contributed by atoms with Gasteiger partial charge in [0.25, 0.3) is 5.19 Å². The number of hydrogen-bond acceptors (Lipinski definition) is 5. The molecule has 21 heavy (non-hydrogen) atoms. The second-order valence-corrected chi connectivity index (χ2v) is 5.62. The Morgan fingerprint density at radius 2 is 1.95 bits per heavy atom. The van der Waals surface area contributed by atoms with E-state index in [0.29, 0.717) is 11.6 Å². The van der Waals surface area contributed by atoms with Crippen LogP contribution in [0.1, 0.15) is 24.4 Å². The Labute approximate surface area is 124 Å². The van der Waals surface area contributed by atoms with Crippen LogP contribution in [-0.4, -0.2) is 16.2 Å². The monoisotopic (exact) mass is 317 g/mol. The van der Waals surface area contributed by atoms with E-state index in [1.54, 1.807) is 0 Å². The molecule has 2 aromatic rings. The third-order valence-electron chi connectivity index (χ3n) is 2.50. The summed E-state index contributed by atoms with van der Waals surface area (Å²) in [7, 11) is 0. The number of benzene rings is 1. The van der Waals surface area contributed by atoms with Crippen molar-refractivity contribution in [3.63, 3.8) is 0 Å². The van der Waals surface area contributed by atoms with Crippen molar-refractivity contribution in [3.05, 3.63) is 34.8 Å². The van der Waals surface area contributed by atoms with Gasteiger partial charge in [0.1, 0.15) is 10.8 Å². The average molecular weight is 317 g/mol. The van der Waals surface area contributed by atoms with Gasteiger partial charge in [-0.3, -0.25) is 0 Å². The van der Waals surface area contributed by atoms with Crippen LogP contribution in [0.25, 0.3) is 0 Å². The Morgan fingerprint density at radius 1 is 1.24 bits per heavy atom. The molecule has 8 heteroatoms. The van der Waals surface area contributed by atoms with E-state index in [1.165, 1.54) is 18.2 Å². The van der Waals surface area contributed by atoms with Crippen molar-refractivity contribution in [2.45, 2.75) is 32.6 Å². The van der Waals surface area contributed by atoms with Gasteiger partial charge in [0.2, 0.25) is 0 Å². The minimum Gasteiger partial charge on any atom is -0.429 e. The molecule has 4 nitrogen and oxygen atoms in total. The largest absolute Gasteiger partial charge is 0.429 e. The first-order valence-electron chi connectivity index (χ1n) is 6.26. The maximum absolute atomic E-state index is 12.8. The highest BCUT2D eigenvalue weighted by Crippen LogP contribution is 2.38. The molecule has 0 amide bonds. The molecule has 114 valence electrons. The van der Waals surface area contributed by atoms with E-state index in [9.17, 15) is 13.2 Å². The second kappa shape index (κ2) is 6.40. The predicted octanol–water partition coefficient (Wildman–Crippen LogP) is 3.85. The van der Waals surface area contributed by atoms with Gasteiger partial charge in [0, 0.05) is 6.04 Å². The molecular formula is C13H14F3N3OS. The maximum Gasteiger partial charge on any atom is 0.419 e. The number of aromatic nitrogens is 2. The molecule has 0 bridgehead atoms. The molecular weight excluding hydrogens is 303 g/mol. The van der Waals surface area contributed by atoms with Gasteiger partial charge in [0.15, 0.2) is 0 Å². The number of ether oxygens (including phenoxy) is 1. The lowest BCUT2D eigenvalue weighted by atomic mass is 10.2. The summed E-state index contributed by atoms with van der Waals surface area (Å²) < 4.78 is 43.8. The highest BCUT2D eigenvalue weighted by Gasteiger charge is 2.34. The molecule has 0 saturated carbocycles. The Morgan fingerprint density at radius 3 is 2.62 bits per heavy atom. The number of alkyl halides is 3. The standard InChI is InChI=1S/C13H14F3N3OS/c1-8(2)17-7-11-18-19-12(21-11)20-10-6-4-3-5-9(10)13(14,15)16/h3-6,8,17H,7H2,1-2H3. The van der Waals surface area contributed by atoms with Crippen molar-refractivity contribution in [3.8, 4) is 10.9 Å². The molecule has 0 atom stereocenters. The van der Waals surface area contributed by atoms with Crippen molar-refractivity contribution < 1.29 is 17.9 Å². The molecule has 0 saturated heterocycles. The van der Waals surface area contributed by atoms with Crippen molar-refractivity contribution in [2.24, 2.45) is 0 Å². The Balaban J connectivity index is 2.12. The minimum atomic E-state index is -4.47. The fraction of sp³-hybridized carbons (Fsp3) is 0.385. The summed E-state index contributed by atoms with van der Waals surface area (Å²) in [6.07, 6.45) is -4.47. The van der Waals surface area contributed by atoms with Gasteiger partial charge in [-0.2, -0.15) is 13.2 Å². The van der Waals surface area contributed by atoms with E-state index >= 15 is 0 Å². The lowest BCUT2D eigenvalue weighted by Gasteiger charge is -2.11. The average Bonchev–Trinajstić information content (AvgIpc) is 2.83. The van der Waals surface area contributed by atoms with E-state index in [1.807, 2.05) is 13.8 Å². The molecule has 1 aromatic carbocycles. The topological polar surface area (TPSA) is 47.0 Å². The van der Waals surface area contributed by atoms with Crippen molar-refractivity contribution in [2.75, 3.05) is 0 Å². The Bertz CT molecular complexity index is 598. The van der Waals surface area contributed by atoms with E-state index in [-0.39, 0.29) is 17.0 Å². The second-order valence-electron chi connectivity index (χ2n) is 4.59. The summed E-state index contributed by atoms with van der Waals surface area (Å²) in [5.74, 6) is -0.274. The lowest BCUT2D eigenvalue weighted by Crippen LogP contribution is -2.21. The first-order chi connectivity index (χ1) is 9.86. The van der Waals surface area contributed by atoms with Crippen LogP contribution < -0.4 is 10.1 Å². The molecule has 2 rings (SSSR count). The van der Waals surface area contributed by atoms with Crippen LogP contribution in [0.4, 0.5) is 13.2 Å². The van der Waals surface area contributed by atoms with Crippen LogP contribution >= 0.6 is 11.3 Å². The Hall–Kier alpha value is -1.67. The van der Waals surface area contributed by atoms with Gasteiger partial charge in [-0.25, -0.2) is 0 Å². The first kappa shape index (κ1) is 15.7. The first-order valence-corrected chi connectivity index (χ1v) is 7.07. The molecule has 0 unspecified atom stereocenters. The van der Waals surface area contributed by atoms with Crippen LogP contribution in [0.3, 0.4) is 0 Å². The van der Waals surface area contributed by atoms with Gasteiger partial charge in [-0.15, -0.1) is 5.10 Å². The summed E-state index contributed by atoms with van der Waals surface area (Å²) in [5, 5.41) is 11.5. The quantitative estimate of drug-likeness (QED) is 0.910. The van der Waals surface area contributed by atoms with Crippen LogP contribution in [0.15, 0.2) is 24.3 Å². The summed E-state index contributed by atoms with van der Waals surface area (Å²) in [4.78, 5) is 0. The molecule has 0 spiro atoms. The maximum atomic E-state index is 12.8. The molecule has 0 aliphatic rings. The van der Waals surface area contributed by atoms with E-state index in [4.69, 9.17) is 4.74 Å². The zero-order chi connectivity index (χ0) is 15.5. The molecule has 0 aliphatic carbocycles. The highest BCUT2D eigenvalue weighted by molar-refractivity contribution is 7.13. The summed E-state index contributed by atoms with van der Waals surface area (Å²) in [6, 6.07) is 5.30. The summed E-state index contributed by atoms with van der Waals surface area (Å²) in [6.45, 7) is 4.47. The normalized spacial score (nSPS) is 11.9. The van der Waals surface area contributed by atoms with Crippen LogP contribution in [-0.2, 0) is 12.7 Å². The Kier molecular flexibility index (Phi) is 4.79. The van der Waals surface area contributed by atoms with Crippen molar-refractivity contribution >= 4 is 11.3 Å². The number of nitrogens with one attached hydrogen (secondary N) is 1. The minimum absolute atomic E-state index is 0.0901. The number of rotatable bonds is 5. The lowest BCUT2D eigenvalue weighted by molar-refractivity contribution is -0.138.